The molecular formula is C18H33N3O. The fraction of sp³-hybridized carbons (Fsp3) is 0.667. The Morgan fingerprint density at radius 1 is 1.14 bits per heavy atom. The molecule has 4 heteroatoms. The zero-order valence-electron chi connectivity index (χ0n) is 15.1. The minimum Gasteiger partial charge on any atom is -0.489 e. The number of hydrogen-bond donors (Lipinski definition) is 1. The van der Waals surface area contributed by atoms with E-state index in [0.29, 0.717) is 0 Å². The van der Waals surface area contributed by atoms with Crippen molar-refractivity contribution in [1.29, 1.82) is 0 Å². The summed E-state index contributed by atoms with van der Waals surface area (Å²) >= 11 is 0. The predicted octanol–water partition coefficient (Wildman–Crippen LogP) is 2.97. The molecule has 0 amide bonds. The van der Waals surface area contributed by atoms with E-state index in [4.69, 9.17) is 4.74 Å². The van der Waals surface area contributed by atoms with Gasteiger partial charge in [0.15, 0.2) is 0 Å². The van der Waals surface area contributed by atoms with E-state index in [0.717, 1.165) is 44.2 Å². The first kappa shape index (κ1) is 18.8. The summed E-state index contributed by atoms with van der Waals surface area (Å²) in [6.45, 7) is 13.8. The highest BCUT2D eigenvalue weighted by molar-refractivity contribution is 5.59. The van der Waals surface area contributed by atoms with Gasteiger partial charge in [-0.1, -0.05) is 19.9 Å². The molecule has 1 rings (SSSR count). The molecule has 0 unspecified atom stereocenters. The van der Waals surface area contributed by atoms with Crippen LogP contribution in [-0.4, -0.2) is 51.3 Å². The monoisotopic (exact) mass is 307 g/mol. The summed E-state index contributed by atoms with van der Waals surface area (Å²) in [6.07, 6.45) is 0.185. The van der Waals surface area contributed by atoms with Gasteiger partial charge < -0.3 is 19.9 Å². The second-order valence-corrected chi connectivity index (χ2v) is 6.07. The lowest BCUT2D eigenvalue weighted by molar-refractivity contribution is 0.243. The predicted molar refractivity (Wildman–Crippen MR) is 96.0 cm³/mol. The second-order valence-electron chi connectivity index (χ2n) is 6.07. The number of anilines is 1. The fourth-order valence-electron chi connectivity index (χ4n) is 2.40. The third kappa shape index (κ3) is 6.24. The van der Waals surface area contributed by atoms with Gasteiger partial charge in [0.2, 0.25) is 0 Å². The van der Waals surface area contributed by atoms with Gasteiger partial charge in [-0.2, -0.15) is 0 Å². The van der Waals surface area contributed by atoms with E-state index in [1.807, 2.05) is 14.1 Å². The zero-order valence-corrected chi connectivity index (χ0v) is 15.1. The lowest BCUT2D eigenvalue weighted by atomic mass is 10.1. The molecule has 0 spiro atoms. The highest BCUT2D eigenvalue weighted by Gasteiger charge is 2.09. The van der Waals surface area contributed by atoms with Gasteiger partial charge in [0.05, 0.1) is 11.8 Å². The third-order valence-corrected chi connectivity index (χ3v) is 3.70. The van der Waals surface area contributed by atoms with E-state index in [2.05, 4.69) is 61.0 Å². The number of nitrogens with zero attached hydrogens (tertiary/aromatic N) is 2. The Balaban J connectivity index is 2.60. The van der Waals surface area contributed by atoms with Crippen molar-refractivity contribution < 1.29 is 4.74 Å². The smallest absolute Gasteiger partial charge is 0.143 e. The third-order valence-electron chi connectivity index (χ3n) is 3.70. The molecule has 4 nitrogen and oxygen atoms in total. The van der Waals surface area contributed by atoms with Crippen LogP contribution in [0.2, 0.25) is 0 Å². The highest BCUT2D eigenvalue weighted by Crippen LogP contribution is 2.29. The maximum Gasteiger partial charge on any atom is 0.143 e. The first-order chi connectivity index (χ1) is 10.5. The van der Waals surface area contributed by atoms with Crippen LogP contribution < -0.4 is 15.0 Å². The van der Waals surface area contributed by atoms with Crippen molar-refractivity contribution in [3.8, 4) is 5.75 Å². The Kier molecular flexibility index (Phi) is 8.28. The van der Waals surface area contributed by atoms with Crippen molar-refractivity contribution in [1.82, 2.24) is 10.2 Å². The van der Waals surface area contributed by atoms with Crippen molar-refractivity contribution in [2.45, 2.75) is 40.3 Å². The number of benzene rings is 1. The first-order valence-corrected chi connectivity index (χ1v) is 8.37. The minimum atomic E-state index is 0.185. The molecule has 0 saturated carbocycles. The van der Waals surface area contributed by atoms with Crippen LogP contribution in [0.25, 0.3) is 0 Å². The summed E-state index contributed by atoms with van der Waals surface area (Å²) in [7, 11) is 4.09. The van der Waals surface area contributed by atoms with Crippen LogP contribution in [0, 0.1) is 0 Å². The van der Waals surface area contributed by atoms with Crippen LogP contribution in [0.15, 0.2) is 18.2 Å². The zero-order chi connectivity index (χ0) is 16.5. The van der Waals surface area contributed by atoms with Crippen molar-refractivity contribution in [2.75, 3.05) is 45.2 Å². The molecule has 0 heterocycles. The van der Waals surface area contributed by atoms with E-state index in [-0.39, 0.29) is 6.10 Å². The van der Waals surface area contributed by atoms with Gasteiger partial charge in [-0.3, -0.25) is 0 Å². The molecule has 0 atom stereocenters. The Bertz CT molecular complexity index is 428. The molecule has 0 saturated heterocycles. The standard InChI is InChI=1S/C18H33N3O/c1-7-21(8-2)12-11-19-14-16-9-10-17(20(5)6)18(13-16)22-15(3)4/h9-10,13,15,19H,7-8,11-12,14H2,1-6H3. The summed E-state index contributed by atoms with van der Waals surface area (Å²) in [5, 5.41) is 3.52. The van der Waals surface area contributed by atoms with Crippen molar-refractivity contribution in [3.05, 3.63) is 23.8 Å². The summed E-state index contributed by atoms with van der Waals surface area (Å²) in [5.74, 6) is 0.961. The van der Waals surface area contributed by atoms with Gasteiger partial charge in [0.1, 0.15) is 5.75 Å². The molecule has 0 aliphatic carbocycles. The molecule has 0 fully saturated rings. The van der Waals surface area contributed by atoms with E-state index in [1.165, 1.54) is 5.56 Å². The molecule has 1 aromatic rings. The quantitative estimate of drug-likeness (QED) is 0.673. The van der Waals surface area contributed by atoms with E-state index >= 15 is 0 Å². The van der Waals surface area contributed by atoms with Crippen LogP contribution >= 0.6 is 0 Å². The summed E-state index contributed by atoms with van der Waals surface area (Å²) in [6, 6.07) is 6.46. The number of hydrogen-bond acceptors (Lipinski definition) is 4. The normalized spacial score (nSPS) is 11.3. The number of rotatable bonds is 10. The molecule has 1 N–H and O–H groups in total. The number of ether oxygens (including phenoxy) is 1. The van der Waals surface area contributed by atoms with Crippen LogP contribution in [0.4, 0.5) is 5.69 Å². The lowest BCUT2D eigenvalue weighted by Gasteiger charge is -2.21. The molecule has 0 aromatic heterocycles. The molecule has 126 valence electrons. The largest absolute Gasteiger partial charge is 0.489 e. The molecule has 22 heavy (non-hydrogen) atoms. The number of likely N-dealkylation sites (N-methyl/N-ethyl adjacent to an activating group) is 1. The van der Waals surface area contributed by atoms with Gasteiger partial charge in [0.25, 0.3) is 0 Å². The van der Waals surface area contributed by atoms with E-state index in [1.54, 1.807) is 0 Å². The van der Waals surface area contributed by atoms with Crippen molar-refractivity contribution in [2.24, 2.45) is 0 Å². The van der Waals surface area contributed by atoms with Gasteiger partial charge in [-0.15, -0.1) is 0 Å². The molecule has 0 radical (unpaired) electrons. The number of nitrogens with one attached hydrogen (secondary N) is 1. The van der Waals surface area contributed by atoms with E-state index < -0.39 is 0 Å². The Morgan fingerprint density at radius 2 is 1.82 bits per heavy atom. The van der Waals surface area contributed by atoms with Gasteiger partial charge >= 0.3 is 0 Å². The summed E-state index contributed by atoms with van der Waals surface area (Å²) in [5.41, 5.74) is 2.39. The lowest BCUT2D eigenvalue weighted by Crippen LogP contribution is -2.31. The van der Waals surface area contributed by atoms with Gasteiger partial charge in [-0.05, 0) is 44.6 Å². The molecule has 0 aliphatic heterocycles. The second kappa shape index (κ2) is 9.70. The molecule has 0 aliphatic rings. The van der Waals surface area contributed by atoms with Crippen LogP contribution in [-0.2, 0) is 6.54 Å². The minimum absolute atomic E-state index is 0.185. The summed E-state index contributed by atoms with van der Waals surface area (Å²) < 4.78 is 5.95. The summed E-state index contributed by atoms with van der Waals surface area (Å²) in [4.78, 5) is 4.52. The maximum atomic E-state index is 5.95. The molecular weight excluding hydrogens is 274 g/mol. The topological polar surface area (TPSA) is 27.7 Å². The molecule has 0 bridgehead atoms. The fourth-order valence-corrected chi connectivity index (χ4v) is 2.40. The van der Waals surface area contributed by atoms with Crippen LogP contribution in [0.3, 0.4) is 0 Å². The molecule has 1 aromatic carbocycles. The van der Waals surface area contributed by atoms with Crippen LogP contribution in [0.5, 0.6) is 5.75 Å². The average molecular weight is 307 g/mol. The highest BCUT2D eigenvalue weighted by atomic mass is 16.5. The Morgan fingerprint density at radius 3 is 2.36 bits per heavy atom. The average Bonchev–Trinajstić information content (AvgIpc) is 2.46. The maximum absolute atomic E-state index is 5.95. The first-order valence-electron chi connectivity index (χ1n) is 8.37. The van der Waals surface area contributed by atoms with Gasteiger partial charge in [0, 0.05) is 33.7 Å². The SMILES string of the molecule is CCN(CC)CCNCc1ccc(N(C)C)c(OC(C)C)c1. The van der Waals surface area contributed by atoms with Crippen molar-refractivity contribution >= 4 is 5.69 Å². The van der Waals surface area contributed by atoms with E-state index in [9.17, 15) is 0 Å². The Labute approximate surface area is 136 Å². The van der Waals surface area contributed by atoms with Crippen LogP contribution in [0.1, 0.15) is 33.3 Å². The Hall–Kier alpha value is -1.26. The van der Waals surface area contributed by atoms with Gasteiger partial charge in [-0.25, -0.2) is 0 Å². The van der Waals surface area contributed by atoms with Crippen molar-refractivity contribution in [3.63, 3.8) is 0 Å².